The first kappa shape index (κ1) is 14.5. The highest BCUT2D eigenvalue weighted by molar-refractivity contribution is 7.16. The Morgan fingerprint density at radius 1 is 1.28 bits per heavy atom. The molecule has 1 aromatic rings. The Balaban J connectivity index is 3.08. The van der Waals surface area contributed by atoms with E-state index in [4.69, 9.17) is 4.74 Å². The van der Waals surface area contributed by atoms with E-state index < -0.39 is 12.1 Å². The van der Waals surface area contributed by atoms with Crippen LogP contribution in [-0.4, -0.2) is 25.3 Å². The summed E-state index contributed by atoms with van der Waals surface area (Å²) in [5.41, 5.74) is 1.22. The summed E-state index contributed by atoms with van der Waals surface area (Å²) < 4.78 is 9.69. The number of methoxy groups -OCH3 is 1. The lowest BCUT2D eigenvalue weighted by Gasteiger charge is -2.09. The van der Waals surface area contributed by atoms with Gasteiger partial charge in [0.05, 0.1) is 18.8 Å². The maximum atomic E-state index is 12.0. The molecule has 1 N–H and O–H groups in total. The fraction of sp³-hybridized carbons (Fsp3) is 0.500. The molecule has 0 radical (unpaired) electrons. The summed E-state index contributed by atoms with van der Waals surface area (Å²) in [6.45, 7) is 7.26. The van der Waals surface area contributed by atoms with Crippen molar-refractivity contribution in [2.45, 2.75) is 33.8 Å². The molecule has 0 saturated carbocycles. The van der Waals surface area contributed by atoms with Crippen LogP contribution in [-0.2, 0) is 9.47 Å². The van der Waals surface area contributed by atoms with Crippen molar-refractivity contribution in [2.75, 3.05) is 12.4 Å². The summed E-state index contributed by atoms with van der Waals surface area (Å²) in [6, 6.07) is 0. The first-order valence-electron chi connectivity index (χ1n) is 5.52. The predicted octanol–water partition coefficient (Wildman–Crippen LogP) is 3.11. The monoisotopic (exact) mass is 271 g/mol. The quantitative estimate of drug-likeness (QED) is 0.858. The molecule has 0 aromatic carbocycles. The minimum atomic E-state index is -0.602. The molecule has 100 valence electrons. The average Bonchev–Trinajstić information content (AvgIpc) is 2.53. The minimum absolute atomic E-state index is 0.205. The fourth-order valence-electron chi connectivity index (χ4n) is 1.38. The molecule has 0 unspecified atom stereocenters. The third kappa shape index (κ3) is 3.22. The molecule has 1 amide bonds. The van der Waals surface area contributed by atoms with Gasteiger partial charge >= 0.3 is 12.1 Å². The Hall–Kier alpha value is -1.56. The van der Waals surface area contributed by atoms with Crippen molar-refractivity contribution >= 4 is 28.4 Å². The normalized spacial score (nSPS) is 10.3. The SMILES string of the molecule is COC(=O)Nc1sc(C)c(C)c1C(=O)OC(C)C. The van der Waals surface area contributed by atoms with Crippen LogP contribution in [0.1, 0.15) is 34.6 Å². The third-order valence-corrected chi connectivity index (χ3v) is 3.46. The second-order valence-electron chi connectivity index (χ2n) is 4.06. The van der Waals surface area contributed by atoms with E-state index in [1.807, 2.05) is 13.8 Å². The van der Waals surface area contributed by atoms with Gasteiger partial charge in [-0.15, -0.1) is 11.3 Å². The highest BCUT2D eigenvalue weighted by Crippen LogP contribution is 2.33. The van der Waals surface area contributed by atoms with Crippen LogP contribution in [0, 0.1) is 13.8 Å². The zero-order valence-electron chi connectivity index (χ0n) is 11.1. The first-order valence-corrected chi connectivity index (χ1v) is 6.34. The number of hydrogen-bond acceptors (Lipinski definition) is 5. The van der Waals surface area contributed by atoms with Gasteiger partial charge in [-0.2, -0.15) is 0 Å². The Bertz CT molecular complexity index is 465. The summed E-state index contributed by atoms with van der Waals surface area (Å²) in [6.07, 6.45) is -0.807. The number of nitrogens with one attached hydrogen (secondary N) is 1. The van der Waals surface area contributed by atoms with Crippen molar-refractivity contribution in [3.05, 3.63) is 16.0 Å². The van der Waals surface area contributed by atoms with Gasteiger partial charge in [-0.1, -0.05) is 0 Å². The minimum Gasteiger partial charge on any atom is -0.459 e. The van der Waals surface area contributed by atoms with Gasteiger partial charge in [0.25, 0.3) is 0 Å². The molecule has 1 aromatic heterocycles. The van der Waals surface area contributed by atoms with E-state index in [0.717, 1.165) is 10.4 Å². The predicted molar refractivity (Wildman–Crippen MR) is 70.4 cm³/mol. The number of carbonyl (C=O) groups excluding carboxylic acids is 2. The van der Waals surface area contributed by atoms with E-state index >= 15 is 0 Å². The van der Waals surface area contributed by atoms with Gasteiger partial charge in [-0.05, 0) is 33.3 Å². The zero-order valence-corrected chi connectivity index (χ0v) is 11.9. The Labute approximate surface area is 110 Å². The van der Waals surface area contributed by atoms with Crippen LogP contribution in [0.2, 0.25) is 0 Å². The van der Waals surface area contributed by atoms with Gasteiger partial charge in [-0.25, -0.2) is 9.59 Å². The lowest BCUT2D eigenvalue weighted by atomic mass is 10.1. The van der Waals surface area contributed by atoms with Crippen molar-refractivity contribution in [3.8, 4) is 0 Å². The molecule has 0 bridgehead atoms. The van der Waals surface area contributed by atoms with Gasteiger partial charge in [0, 0.05) is 4.88 Å². The topological polar surface area (TPSA) is 64.6 Å². The number of ether oxygens (including phenoxy) is 2. The molecule has 18 heavy (non-hydrogen) atoms. The molecule has 6 heteroatoms. The van der Waals surface area contributed by atoms with Crippen molar-refractivity contribution in [1.29, 1.82) is 0 Å². The van der Waals surface area contributed by atoms with Crippen LogP contribution in [0.4, 0.5) is 9.80 Å². The molecule has 0 aliphatic carbocycles. The molecule has 0 aliphatic rings. The molecule has 0 atom stereocenters. The molecule has 0 aliphatic heterocycles. The third-order valence-electron chi connectivity index (χ3n) is 2.33. The second kappa shape index (κ2) is 5.86. The summed E-state index contributed by atoms with van der Waals surface area (Å²) in [7, 11) is 1.27. The maximum absolute atomic E-state index is 12.0. The molecule has 0 fully saturated rings. The smallest absolute Gasteiger partial charge is 0.411 e. The lowest BCUT2D eigenvalue weighted by Crippen LogP contribution is -2.16. The summed E-state index contributed by atoms with van der Waals surface area (Å²) in [5, 5.41) is 2.99. The highest BCUT2D eigenvalue weighted by Gasteiger charge is 2.23. The first-order chi connectivity index (χ1) is 8.36. The number of esters is 1. The van der Waals surface area contributed by atoms with Gasteiger partial charge < -0.3 is 9.47 Å². The van der Waals surface area contributed by atoms with Crippen molar-refractivity contribution in [3.63, 3.8) is 0 Å². The number of thiophene rings is 1. The number of hydrogen-bond donors (Lipinski definition) is 1. The van der Waals surface area contributed by atoms with Crippen molar-refractivity contribution in [2.24, 2.45) is 0 Å². The summed E-state index contributed by atoms with van der Waals surface area (Å²) >= 11 is 1.33. The molecule has 1 rings (SSSR count). The molecule has 1 heterocycles. The Morgan fingerprint density at radius 2 is 1.89 bits per heavy atom. The molecule has 5 nitrogen and oxygen atoms in total. The number of rotatable bonds is 3. The number of aryl methyl sites for hydroxylation is 1. The summed E-state index contributed by atoms with van der Waals surface area (Å²) in [5.74, 6) is -0.432. The Kier molecular flexibility index (Phi) is 4.72. The van der Waals surface area contributed by atoms with Crippen molar-refractivity contribution in [1.82, 2.24) is 0 Å². The molecule has 0 saturated heterocycles. The molecular weight excluding hydrogens is 254 g/mol. The Morgan fingerprint density at radius 3 is 2.39 bits per heavy atom. The standard InChI is InChI=1S/C12H17NO4S/c1-6(2)17-11(14)9-7(3)8(4)18-10(9)13-12(15)16-5/h6H,1-5H3,(H,13,15). The largest absolute Gasteiger partial charge is 0.459 e. The van der Waals surface area contributed by atoms with Crippen LogP contribution in [0.25, 0.3) is 0 Å². The molecule has 0 spiro atoms. The summed E-state index contributed by atoms with van der Waals surface area (Å²) in [4.78, 5) is 24.1. The van der Waals surface area contributed by atoms with E-state index in [-0.39, 0.29) is 6.10 Å². The van der Waals surface area contributed by atoms with Crippen LogP contribution in [0.15, 0.2) is 0 Å². The fourth-order valence-corrected chi connectivity index (χ4v) is 2.41. The molecular formula is C12H17NO4S. The van der Waals surface area contributed by atoms with E-state index in [1.54, 1.807) is 13.8 Å². The number of carbonyl (C=O) groups is 2. The van der Waals surface area contributed by atoms with Crippen molar-refractivity contribution < 1.29 is 19.1 Å². The van der Waals surface area contributed by atoms with Gasteiger partial charge in [-0.3, -0.25) is 5.32 Å². The van der Waals surface area contributed by atoms with Crippen LogP contribution in [0.5, 0.6) is 0 Å². The highest BCUT2D eigenvalue weighted by atomic mass is 32.1. The second-order valence-corrected chi connectivity index (χ2v) is 5.28. The van der Waals surface area contributed by atoms with E-state index in [2.05, 4.69) is 10.1 Å². The van der Waals surface area contributed by atoms with Crippen LogP contribution >= 0.6 is 11.3 Å². The van der Waals surface area contributed by atoms with Gasteiger partial charge in [0.2, 0.25) is 0 Å². The van der Waals surface area contributed by atoms with Gasteiger partial charge in [0.15, 0.2) is 0 Å². The van der Waals surface area contributed by atoms with Crippen LogP contribution < -0.4 is 5.32 Å². The van der Waals surface area contributed by atoms with E-state index in [1.165, 1.54) is 18.4 Å². The zero-order chi connectivity index (χ0) is 13.9. The van der Waals surface area contributed by atoms with E-state index in [0.29, 0.717) is 10.6 Å². The van der Waals surface area contributed by atoms with E-state index in [9.17, 15) is 9.59 Å². The lowest BCUT2D eigenvalue weighted by molar-refractivity contribution is 0.0379. The van der Waals surface area contributed by atoms with Crippen LogP contribution in [0.3, 0.4) is 0 Å². The van der Waals surface area contributed by atoms with Gasteiger partial charge in [0.1, 0.15) is 5.00 Å². The average molecular weight is 271 g/mol. The maximum Gasteiger partial charge on any atom is 0.411 e. The number of amides is 1. The number of anilines is 1.